The molecule has 37 heavy (non-hydrogen) atoms. The number of alkyl halides is 1. The van der Waals surface area contributed by atoms with Crippen molar-refractivity contribution in [2.24, 2.45) is 5.41 Å². The fourth-order valence-corrected chi connectivity index (χ4v) is 4.66. The first-order valence-corrected chi connectivity index (χ1v) is 12.3. The summed E-state index contributed by atoms with van der Waals surface area (Å²) in [7, 11) is 0. The molecule has 1 fully saturated rings. The number of carbonyl (C=O) groups excluding carboxylic acids is 1. The number of hydrogen-bond acceptors (Lipinski definition) is 6. The summed E-state index contributed by atoms with van der Waals surface area (Å²) < 4.78 is 26.4. The van der Waals surface area contributed by atoms with Crippen LogP contribution in [0.1, 0.15) is 29.3 Å². The maximum Gasteiger partial charge on any atom is 0.247 e. The summed E-state index contributed by atoms with van der Waals surface area (Å²) in [6.45, 7) is 2.45. The Kier molecular flexibility index (Phi) is 7.10. The van der Waals surface area contributed by atoms with Crippen LogP contribution in [-0.4, -0.2) is 51.2 Å². The topological polar surface area (TPSA) is 102 Å². The Morgan fingerprint density at radius 2 is 2.05 bits per heavy atom. The van der Waals surface area contributed by atoms with Gasteiger partial charge in [-0.15, -0.1) is 11.6 Å². The predicted molar refractivity (Wildman–Crippen MR) is 137 cm³/mol. The fraction of sp³-hybridized carbons (Fsp3) is 0.296. The monoisotopic (exact) mass is 524 g/mol. The minimum Gasteiger partial charge on any atom is -0.441 e. The number of aromatic nitrogens is 3. The zero-order chi connectivity index (χ0) is 26.0. The van der Waals surface area contributed by atoms with E-state index in [1.54, 1.807) is 12.4 Å². The number of aryl methyl sites for hydroxylation is 1. The van der Waals surface area contributed by atoms with Gasteiger partial charge in [0, 0.05) is 28.6 Å². The molecule has 10 heteroatoms. The molecule has 1 amide bonds. The van der Waals surface area contributed by atoms with Crippen LogP contribution >= 0.6 is 11.6 Å². The molecule has 2 N–H and O–H groups in total. The quantitative estimate of drug-likeness (QED) is 0.249. The van der Waals surface area contributed by atoms with Crippen molar-refractivity contribution < 1.29 is 23.4 Å². The molecule has 0 bridgehead atoms. The minimum atomic E-state index is -0.708. The first-order valence-electron chi connectivity index (χ1n) is 11.8. The largest absolute Gasteiger partial charge is 0.441 e. The van der Waals surface area contributed by atoms with Crippen molar-refractivity contribution in [1.29, 1.82) is 0 Å². The average molecular weight is 525 g/mol. The lowest BCUT2D eigenvalue weighted by atomic mass is 9.80. The molecule has 2 aromatic carbocycles. The highest BCUT2D eigenvalue weighted by atomic mass is 35.5. The Hall–Kier alpha value is -3.53. The molecule has 1 aliphatic heterocycles. The van der Waals surface area contributed by atoms with Gasteiger partial charge in [0.15, 0.2) is 12.0 Å². The molecule has 2 aromatic heterocycles. The summed E-state index contributed by atoms with van der Waals surface area (Å²) in [5.74, 6) is -0.435. The average Bonchev–Trinajstić information content (AvgIpc) is 3.54. The van der Waals surface area contributed by atoms with Crippen molar-refractivity contribution in [2.75, 3.05) is 25.7 Å². The first-order chi connectivity index (χ1) is 17.9. The van der Waals surface area contributed by atoms with Crippen LogP contribution in [0.5, 0.6) is 0 Å². The molecule has 0 saturated carbocycles. The molecule has 0 spiro atoms. The Labute approximate surface area is 217 Å². The molecule has 1 atom stereocenters. The number of aliphatic hydroxyl groups is 1. The molecule has 192 valence electrons. The smallest absolute Gasteiger partial charge is 0.247 e. The van der Waals surface area contributed by atoms with E-state index in [-0.39, 0.29) is 17.9 Å². The van der Waals surface area contributed by atoms with Gasteiger partial charge in [-0.25, -0.2) is 14.4 Å². The molecular formula is C27H26ClFN4O4. The van der Waals surface area contributed by atoms with Crippen LogP contribution in [0.2, 0.25) is 0 Å². The second-order valence-electron chi connectivity index (χ2n) is 9.36. The summed E-state index contributed by atoms with van der Waals surface area (Å²) in [6, 6.07) is 8.70. The number of nitrogens with one attached hydrogen (secondary N) is 1. The molecular weight excluding hydrogens is 499 g/mol. The van der Waals surface area contributed by atoms with Crippen molar-refractivity contribution in [3.8, 4) is 5.69 Å². The molecule has 1 aliphatic rings. The maximum absolute atomic E-state index is 13.6. The highest BCUT2D eigenvalue weighted by molar-refractivity contribution is 6.18. The van der Waals surface area contributed by atoms with Gasteiger partial charge in [-0.3, -0.25) is 4.79 Å². The summed E-state index contributed by atoms with van der Waals surface area (Å²) in [4.78, 5) is 22.2. The molecule has 3 heterocycles. The number of imidazole rings is 1. The van der Waals surface area contributed by atoms with Crippen molar-refractivity contribution in [3.63, 3.8) is 0 Å². The standard InChI is InChI=1S/C27H26ClFN4O4/c1-17-10-33(15-30-17)23-7-4-19(24-25(23)37-16-31-24)8-20(9-27(12-28)13-36-14-27)26(35)32-22(11-34)18-2-5-21(29)6-3-18/h2-8,10,15-16,22,34H,9,11-14H2,1H3,(H,32,35)/b20-8+. The van der Waals surface area contributed by atoms with Crippen LogP contribution in [-0.2, 0) is 9.53 Å². The number of ether oxygens (including phenoxy) is 1. The van der Waals surface area contributed by atoms with Crippen LogP contribution in [0.15, 0.2) is 65.3 Å². The van der Waals surface area contributed by atoms with Crippen LogP contribution in [0.25, 0.3) is 22.9 Å². The van der Waals surface area contributed by atoms with Gasteiger partial charge in [0.25, 0.3) is 0 Å². The van der Waals surface area contributed by atoms with E-state index in [0.717, 1.165) is 11.4 Å². The van der Waals surface area contributed by atoms with Gasteiger partial charge < -0.3 is 24.1 Å². The van der Waals surface area contributed by atoms with Gasteiger partial charge >= 0.3 is 0 Å². The second-order valence-corrected chi connectivity index (χ2v) is 9.63. The maximum atomic E-state index is 13.6. The van der Waals surface area contributed by atoms with Crippen LogP contribution in [0.3, 0.4) is 0 Å². The molecule has 0 radical (unpaired) electrons. The van der Waals surface area contributed by atoms with E-state index in [9.17, 15) is 14.3 Å². The molecule has 8 nitrogen and oxygen atoms in total. The first kappa shape index (κ1) is 25.1. The lowest BCUT2D eigenvalue weighted by Gasteiger charge is -2.40. The number of oxazole rings is 1. The number of nitrogens with zero attached hydrogens (tertiary/aromatic N) is 3. The van der Waals surface area contributed by atoms with E-state index in [0.29, 0.717) is 53.3 Å². The lowest BCUT2D eigenvalue weighted by molar-refractivity contribution is -0.121. The van der Waals surface area contributed by atoms with E-state index < -0.39 is 11.9 Å². The molecule has 1 unspecified atom stereocenters. The number of hydrogen-bond donors (Lipinski definition) is 2. The van der Waals surface area contributed by atoms with E-state index in [1.165, 1.54) is 30.7 Å². The minimum absolute atomic E-state index is 0.331. The second kappa shape index (κ2) is 10.5. The van der Waals surface area contributed by atoms with Crippen LogP contribution in [0.4, 0.5) is 4.39 Å². The molecule has 1 saturated heterocycles. The Morgan fingerprint density at radius 3 is 2.68 bits per heavy atom. The third-order valence-electron chi connectivity index (χ3n) is 6.53. The van der Waals surface area contributed by atoms with Gasteiger partial charge in [0.2, 0.25) is 5.91 Å². The van der Waals surface area contributed by atoms with E-state index in [1.807, 2.05) is 29.8 Å². The number of aliphatic hydroxyl groups excluding tert-OH is 1. The molecule has 4 aromatic rings. The Bertz CT molecular complexity index is 1440. The van der Waals surface area contributed by atoms with Gasteiger partial charge in [0.05, 0.1) is 43.6 Å². The Morgan fingerprint density at radius 1 is 1.27 bits per heavy atom. The number of halogens is 2. The summed E-state index contributed by atoms with van der Waals surface area (Å²) >= 11 is 6.27. The van der Waals surface area contributed by atoms with E-state index in [2.05, 4.69) is 15.3 Å². The van der Waals surface area contributed by atoms with Crippen molar-refractivity contribution >= 4 is 34.7 Å². The van der Waals surface area contributed by atoms with Crippen LogP contribution in [0, 0.1) is 18.2 Å². The van der Waals surface area contributed by atoms with Crippen molar-refractivity contribution in [1.82, 2.24) is 19.9 Å². The molecule has 5 rings (SSSR count). The fourth-order valence-electron chi connectivity index (χ4n) is 4.42. The normalized spacial score (nSPS) is 15.9. The zero-order valence-corrected chi connectivity index (χ0v) is 20.9. The summed E-state index contributed by atoms with van der Waals surface area (Å²) in [5, 5.41) is 12.8. The van der Waals surface area contributed by atoms with Gasteiger partial charge in [-0.2, -0.15) is 0 Å². The number of rotatable bonds is 9. The van der Waals surface area contributed by atoms with Gasteiger partial charge in [0.1, 0.15) is 11.3 Å². The summed E-state index contributed by atoms with van der Waals surface area (Å²) in [5.41, 5.74) is 4.17. The van der Waals surface area contributed by atoms with Crippen molar-refractivity contribution in [2.45, 2.75) is 19.4 Å². The van der Waals surface area contributed by atoms with Crippen LogP contribution < -0.4 is 5.32 Å². The predicted octanol–water partition coefficient (Wildman–Crippen LogP) is 4.34. The van der Waals surface area contributed by atoms with E-state index >= 15 is 0 Å². The highest BCUT2D eigenvalue weighted by Gasteiger charge is 2.40. The lowest BCUT2D eigenvalue weighted by Crippen LogP contribution is -2.45. The number of fused-ring (bicyclic) bond motifs is 1. The third-order valence-corrected chi connectivity index (χ3v) is 7.10. The van der Waals surface area contributed by atoms with Gasteiger partial charge in [-0.05, 0) is 43.2 Å². The number of carbonyl (C=O) groups is 1. The van der Waals surface area contributed by atoms with Crippen molar-refractivity contribution in [3.05, 3.63) is 83.5 Å². The summed E-state index contributed by atoms with van der Waals surface area (Å²) in [6.07, 6.45) is 7.09. The SMILES string of the molecule is Cc1cn(-c2ccc(/C=C(\CC3(CCl)COC3)C(=O)NC(CO)c3ccc(F)cc3)c3ncoc23)cn1. The highest BCUT2D eigenvalue weighted by Crippen LogP contribution is 2.37. The zero-order valence-electron chi connectivity index (χ0n) is 20.2. The number of amides is 1. The number of benzene rings is 2. The molecule has 0 aliphatic carbocycles. The third kappa shape index (κ3) is 5.16. The van der Waals surface area contributed by atoms with E-state index in [4.69, 9.17) is 20.8 Å². The Balaban J connectivity index is 1.51. The van der Waals surface area contributed by atoms with Gasteiger partial charge in [-0.1, -0.05) is 18.2 Å².